The van der Waals surface area contributed by atoms with Gasteiger partial charge in [0.05, 0.1) is 0 Å². The van der Waals surface area contributed by atoms with Gasteiger partial charge >= 0.3 is 0 Å². The minimum absolute atomic E-state index is 0.0113. The van der Waals surface area contributed by atoms with Crippen LogP contribution in [0.25, 0.3) is 0 Å². The largest absolute Gasteiger partial charge is 0.351 e. The second kappa shape index (κ2) is 6.19. The third-order valence-corrected chi connectivity index (χ3v) is 3.25. The molecule has 0 spiro atoms. The van der Waals surface area contributed by atoms with Gasteiger partial charge in [0.1, 0.15) is 0 Å². The highest BCUT2D eigenvalue weighted by Gasteiger charge is 2.08. The Balaban J connectivity index is 1.92. The predicted octanol–water partition coefficient (Wildman–Crippen LogP) is 3.53. The molecule has 0 aliphatic carbocycles. The molecule has 19 heavy (non-hydrogen) atoms. The zero-order chi connectivity index (χ0) is 13.7. The van der Waals surface area contributed by atoms with E-state index in [0.29, 0.717) is 18.0 Å². The summed E-state index contributed by atoms with van der Waals surface area (Å²) >= 11 is 0. The first kappa shape index (κ1) is 13.3. The molecule has 1 atom stereocenters. The quantitative estimate of drug-likeness (QED) is 0.887. The van der Waals surface area contributed by atoms with E-state index < -0.39 is 0 Å². The molecular weight excluding hydrogens is 234 g/mol. The summed E-state index contributed by atoms with van der Waals surface area (Å²) in [7, 11) is 0. The molecule has 2 rings (SSSR count). The van der Waals surface area contributed by atoms with Gasteiger partial charge in [0.2, 0.25) is 0 Å². The van der Waals surface area contributed by atoms with Crippen molar-refractivity contribution in [1.29, 1.82) is 0 Å². The van der Waals surface area contributed by atoms with Crippen LogP contribution in [0, 0.1) is 6.92 Å². The summed E-state index contributed by atoms with van der Waals surface area (Å²) in [5.74, 6) is 0.304. The van der Waals surface area contributed by atoms with Crippen LogP contribution in [-0.4, -0.2) is 12.5 Å². The van der Waals surface area contributed by atoms with E-state index in [4.69, 9.17) is 0 Å². The van der Waals surface area contributed by atoms with Crippen molar-refractivity contribution < 1.29 is 4.79 Å². The van der Waals surface area contributed by atoms with E-state index in [1.54, 1.807) is 0 Å². The van der Waals surface area contributed by atoms with E-state index in [-0.39, 0.29) is 5.91 Å². The summed E-state index contributed by atoms with van der Waals surface area (Å²) in [6.45, 7) is 4.78. The van der Waals surface area contributed by atoms with Gasteiger partial charge in [-0.3, -0.25) is 4.79 Å². The first-order valence-electron chi connectivity index (χ1n) is 6.56. The van der Waals surface area contributed by atoms with Crippen LogP contribution in [0.1, 0.15) is 34.3 Å². The summed E-state index contributed by atoms with van der Waals surface area (Å²) in [4.78, 5) is 12.0. The molecule has 0 aromatic heterocycles. The molecule has 2 aromatic rings. The van der Waals surface area contributed by atoms with Gasteiger partial charge in [-0.1, -0.05) is 55.0 Å². The molecule has 0 saturated carbocycles. The highest BCUT2D eigenvalue weighted by Crippen LogP contribution is 2.13. The Morgan fingerprint density at radius 1 is 1.05 bits per heavy atom. The van der Waals surface area contributed by atoms with E-state index in [0.717, 1.165) is 5.56 Å². The van der Waals surface area contributed by atoms with Crippen LogP contribution >= 0.6 is 0 Å². The monoisotopic (exact) mass is 253 g/mol. The zero-order valence-electron chi connectivity index (χ0n) is 11.4. The van der Waals surface area contributed by atoms with Crippen LogP contribution in [0.5, 0.6) is 0 Å². The summed E-state index contributed by atoms with van der Waals surface area (Å²) in [6, 6.07) is 17.8. The van der Waals surface area contributed by atoms with Crippen molar-refractivity contribution in [2.45, 2.75) is 19.8 Å². The van der Waals surface area contributed by atoms with Gasteiger partial charge in [-0.2, -0.15) is 0 Å². The molecule has 0 fully saturated rings. The number of benzene rings is 2. The van der Waals surface area contributed by atoms with Crippen LogP contribution in [0.3, 0.4) is 0 Å². The molecule has 0 bridgehead atoms. The van der Waals surface area contributed by atoms with Crippen molar-refractivity contribution in [2.24, 2.45) is 0 Å². The van der Waals surface area contributed by atoms with Crippen LogP contribution in [0.4, 0.5) is 0 Å². The molecule has 0 saturated heterocycles. The van der Waals surface area contributed by atoms with Crippen molar-refractivity contribution in [2.75, 3.05) is 6.54 Å². The number of hydrogen-bond acceptors (Lipinski definition) is 1. The van der Waals surface area contributed by atoms with Crippen molar-refractivity contribution in [3.8, 4) is 0 Å². The molecule has 98 valence electrons. The SMILES string of the molecule is Cc1ccc(C(=O)NCC(C)c2ccccc2)cc1. The molecule has 1 amide bonds. The Morgan fingerprint density at radius 3 is 2.32 bits per heavy atom. The third kappa shape index (κ3) is 3.68. The fourth-order valence-electron chi connectivity index (χ4n) is 1.95. The Bertz CT molecular complexity index is 531. The Labute approximate surface area is 114 Å². The van der Waals surface area contributed by atoms with E-state index in [2.05, 4.69) is 24.4 Å². The summed E-state index contributed by atoms with van der Waals surface area (Å²) < 4.78 is 0. The lowest BCUT2D eigenvalue weighted by Crippen LogP contribution is -2.27. The lowest BCUT2D eigenvalue weighted by molar-refractivity contribution is 0.0951. The molecule has 0 aliphatic rings. The minimum atomic E-state index is -0.0113. The minimum Gasteiger partial charge on any atom is -0.351 e. The van der Waals surface area contributed by atoms with Gasteiger partial charge < -0.3 is 5.32 Å². The normalized spacial score (nSPS) is 11.9. The van der Waals surface area contributed by atoms with Crippen molar-refractivity contribution in [1.82, 2.24) is 5.32 Å². The Hall–Kier alpha value is -2.09. The topological polar surface area (TPSA) is 29.1 Å². The number of rotatable bonds is 4. The maximum atomic E-state index is 12.0. The van der Waals surface area contributed by atoms with Crippen molar-refractivity contribution in [3.05, 3.63) is 71.3 Å². The molecule has 1 unspecified atom stereocenters. The second-order valence-corrected chi connectivity index (χ2v) is 4.89. The molecule has 2 heteroatoms. The third-order valence-electron chi connectivity index (χ3n) is 3.25. The van der Waals surface area contributed by atoms with Gasteiger partial charge in [0.15, 0.2) is 0 Å². The van der Waals surface area contributed by atoms with Gasteiger partial charge in [0, 0.05) is 12.1 Å². The first-order chi connectivity index (χ1) is 9.16. The number of hydrogen-bond donors (Lipinski definition) is 1. The molecule has 2 aromatic carbocycles. The predicted molar refractivity (Wildman–Crippen MR) is 78.4 cm³/mol. The van der Waals surface area contributed by atoms with Crippen LogP contribution in [0.2, 0.25) is 0 Å². The molecule has 2 nitrogen and oxygen atoms in total. The lowest BCUT2D eigenvalue weighted by atomic mass is 10.0. The maximum Gasteiger partial charge on any atom is 0.251 e. The maximum absolute atomic E-state index is 12.0. The number of carbonyl (C=O) groups is 1. The first-order valence-corrected chi connectivity index (χ1v) is 6.56. The summed E-state index contributed by atoms with van der Waals surface area (Å²) in [5, 5.41) is 2.98. The second-order valence-electron chi connectivity index (χ2n) is 4.89. The molecule has 0 radical (unpaired) electrons. The van der Waals surface area contributed by atoms with Crippen LogP contribution in [-0.2, 0) is 0 Å². The molecule has 1 N–H and O–H groups in total. The van der Waals surface area contributed by atoms with Gasteiger partial charge in [-0.25, -0.2) is 0 Å². The van der Waals surface area contributed by atoms with Crippen molar-refractivity contribution in [3.63, 3.8) is 0 Å². The number of aryl methyl sites for hydroxylation is 1. The lowest BCUT2D eigenvalue weighted by Gasteiger charge is -2.13. The van der Waals surface area contributed by atoms with E-state index in [9.17, 15) is 4.79 Å². The van der Waals surface area contributed by atoms with E-state index in [1.165, 1.54) is 5.56 Å². The summed E-state index contributed by atoms with van der Waals surface area (Å²) in [6.07, 6.45) is 0. The molecular formula is C17H19NO. The Kier molecular flexibility index (Phi) is 4.35. The highest BCUT2D eigenvalue weighted by molar-refractivity contribution is 5.94. The average molecular weight is 253 g/mol. The Morgan fingerprint density at radius 2 is 1.68 bits per heavy atom. The van der Waals surface area contributed by atoms with E-state index >= 15 is 0 Å². The van der Waals surface area contributed by atoms with Crippen molar-refractivity contribution >= 4 is 5.91 Å². The fourth-order valence-corrected chi connectivity index (χ4v) is 1.95. The number of amides is 1. The number of nitrogens with one attached hydrogen (secondary N) is 1. The zero-order valence-corrected chi connectivity index (χ0v) is 11.4. The highest BCUT2D eigenvalue weighted by atomic mass is 16.1. The van der Waals surface area contributed by atoms with Crippen LogP contribution < -0.4 is 5.32 Å². The standard InChI is InChI=1S/C17H19NO/c1-13-8-10-16(11-9-13)17(19)18-12-14(2)15-6-4-3-5-7-15/h3-11,14H,12H2,1-2H3,(H,18,19). The van der Waals surface area contributed by atoms with Gasteiger partial charge in [-0.15, -0.1) is 0 Å². The number of carbonyl (C=O) groups excluding carboxylic acids is 1. The van der Waals surface area contributed by atoms with E-state index in [1.807, 2.05) is 49.4 Å². The smallest absolute Gasteiger partial charge is 0.251 e. The fraction of sp³-hybridized carbons (Fsp3) is 0.235. The van der Waals surface area contributed by atoms with Crippen LogP contribution in [0.15, 0.2) is 54.6 Å². The van der Waals surface area contributed by atoms with Gasteiger partial charge in [0.25, 0.3) is 5.91 Å². The van der Waals surface area contributed by atoms with Gasteiger partial charge in [-0.05, 0) is 30.5 Å². The average Bonchev–Trinajstić information content (AvgIpc) is 2.46. The molecule has 0 aliphatic heterocycles. The summed E-state index contributed by atoms with van der Waals surface area (Å²) in [5.41, 5.74) is 3.12. The molecule has 0 heterocycles.